The van der Waals surface area contributed by atoms with Crippen molar-refractivity contribution in [1.29, 1.82) is 0 Å². The van der Waals surface area contributed by atoms with E-state index < -0.39 is 5.24 Å². The number of pyridine rings is 1. The normalized spacial score (nSPS) is 10.6. The minimum atomic E-state index is -0.625. The summed E-state index contributed by atoms with van der Waals surface area (Å²) in [6, 6.07) is 5.03. The molecule has 0 atom stereocenters. The zero-order chi connectivity index (χ0) is 11.0. The predicted molar refractivity (Wildman–Crippen MR) is 61.9 cm³/mol. The van der Waals surface area contributed by atoms with Gasteiger partial charge in [0.2, 0.25) is 0 Å². The zero-order valence-corrected chi connectivity index (χ0v) is 9.57. The van der Waals surface area contributed by atoms with E-state index in [4.69, 9.17) is 34.8 Å². The number of hydrogen-bond donors (Lipinski definition) is 0. The smallest absolute Gasteiger partial charge is 0.256 e. The van der Waals surface area contributed by atoms with Gasteiger partial charge in [-0.15, -0.1) is 0 Å². The van der Waals surface area contributed by atoms with Gasteiger partial charge in [-0.1, -0.05) is 29.3 Å². The lowest BCUT2D eigenvalue weighted by Crippen LogP contribution is -1.94. The standard InChI is InChI=1S/C10H4Cl3NO/c11-6-3-5-1-2-7(12)8(10(13)15)9(5)14-4-6/h1-4H. The molecule has 0 unspecified atom stereocenters. The number of benzene rings is 1. The van der Waals surface area contributed by atoms with Crippen molar-refractivity contribution in [3.8, 4) is 0 Å². The molecule has 1 aromatic heterocycles. The number of fused-ring (bicyclic) bond motifs is 1. The van der Waals surface area contributed by atoms with Gasteiger partial charge in [-0.25, -0.2) is 0 Å². The summed E-state index contributed by atoms with van der Waals surface area (Å²) in [5, 5.41) is 0.895. The molecule has 5 heteroatoms. The van der Waals surface area contributed by atoms with Gasteiger partial charge < -0.3 is 0 Å². The van der Waals surface area contributed by atoms with E-state index in [2.05, 4.69) is 4.98 Å². The SMILES string of the molecule is O=C(Cl)c1c(Cl)ccc2cc(Cl)cnc12. The van der Waals surface area contributed by atoms with E-state index in [1.807, 2.05) is 0 Å². The third-order valence-electron chi connectivity index (χ3n) is 1.97. The van der Waals surface area contributed by atoms with Crippen molar-refractivity contribution in [3.63, 3.8) is 0 Å². The minimum Gasteiger partial charge on any atom is -0.275 e. The Hall–Kier alpha value is -0.830. The third-order valence-corrected chi connectivity index (χ3v) is 2.68. The number of hydrogen-bond acceptors (Lipinski definition) is 2. The molecular weight excluding hydrogens is 256 g/mol. The maximum absolute atomic E-state index is 11.2. The van der Waals surface area contributed by atoms with Gasteiger partial charge in [0.05, 0.1) is 21.1 Å². The molecule has 0 aliphatic carbocycles. The maximum atomic E-state index is 11.2. The van der Waals surface area contributed by atoms with Crippen molar-refractivity contribution in [1.82, 2.24) is 4.98 Å². The quantitative estimate of drug-likeness (QED) is 0.727. The van der Waals surface area contributed by atoms with Crippen molar-refractivity contribution in [3.05, 3.63) is 40.0 Å². The fraction of sp³-hybridized carbons (Fsp3) is 0. The molecule has 1 aromatic carbocycles. The Morgan fingerprint density at radius 3 is 2.67 bits per heavy atom. The molecule has 0 radical (unpaired) electrons. The topological polar surface area (TPSA) is 30.0 Å². The van der Waals surface area contributed by atoms with Crippen LogP contribution in [0.3, 0.4) is 0 Å². The zero-order valence-electron chi connectivity index (χ0n) is 7.30. The molecule has 2 rings (SSSR count). The van der Waals surface area contributed by atoms with Crippen molar-refractivity contribution in [2.75, 3.05) is 0 Å². The highest BCUT2D eigenvalue weighted by molar-refractivity contribution is 6.69. The number of carbonyl (C=O) groups excluding carboxylic acids is 1. The molecule has 0 bridgehead atoms. The lowest BCUT2D eigenvalue weighted by Gasteiger charge is -2.03. The van der Waals surface area contributed by atoms with E-state index in [0.717, 1.165) is 5.39 Å². The van der Waals surface area contributed by atoms with Crippen LogP contribution in [0.5, 0.6) is 0 Å². The molecule has 76 valence electrons. The van der Waals surface area contributed by atoms with Crippen molar-refractivity contribution in [2.45, 2.75) is 0 Å². The number of halogens is 3. The Morgan fingerprint density at radius 2 is 2.00 bits per heavy atom. The molecule has 15 heavy (non-hydrogen) atoms. The van der Waals surface area contributed by atoms with Gasteiger partial charge in [0.15, 0.2) is 0 Å². The molecular formula is C10H4Cl3NO. The number of nitrogens with zero attached hydrogens (tertiary/aromatic N) is 1. The highest BCUT2D eigenvalue weighted by Gasteiger charge is 2.13. The molecule has 1 heterocycles. The van der Waals surface area contributed by atoms with Crippen LogP contribution in [0.2, 0.25) is 10.0 Å². The summed E-state index contributed by atoms with van der Waals surface area (Å²) < 4.78 is 0. The second kappa shape index (κ2) is 3.97. The average Bonchev–Trinajstić information content (AvgIpc) is 2.17. The summed E-state index contributed by atoms with van der Waals surface area (Å²) in [5.74, 6) is 0. The van der Waals surface area contributed by atoms with E-state index in [-0.39, 0.29) is 10.6 Å². The fourth-order valence-electron chi connectivity index (χ4n) is 1.34. The summed E-state index contributed by atoms with van der Waals surface area (Å²) in [6.45, 7) is 0. The second-order valence-electron chi connectivity index (χ2n) is 2.92. The number of aromatic nitrogens is 1. The van der Waals surface area contributed by atoms with Gasteiger partial charge in [-0.3, -0.25) is 9.78 Å². The monoisotopic (exact) mass is 259 g/mol. The van der Waals surface area contributed by atoms with Crippen LogP contribution >= 0.6 is 34.8 Å². The van der Waals surface area contributed by atoms with Crippen molar-refractivity contribution < 1.29 is 4.79 Å². The van der Waals surface area contributed by atoms with Gasteiger partial charge in [-0.2, -0.15) is 0 Å². The summed E-state index contributed by atoms with van der Waals surface area (Å²) in [6.07, 6.45) is 1.45. The largest absolute Gasteiger partial charge is 0.275 e. The average molecular weight is 261 g/mol. The van der Waals surface area contributed by atoms with Crippen LogP contribution in [-0.2, 0) is 0 Å². The van der Waals surface area contributed by atoms with Gasteiger partial charge in [0, 0.05) is 11.6 Å². The lowest BCUT2D eigenvalue weighted by atomic mass is 10.1. The number of carbonyl (C=O) groups is 1. The van der Waals surface area contributed by atoms with Crippen LogP contribution in [-0.4, -0.2) is 10.2 Å². The molecule has 0 saturated heterocycles. The fourth-order valence-corrected chi connectivity index (χ4v) is 1.98. The third kappa shape index (κ3) is 1.93. The van der Waals surface area contributed by atoms with Crippen molar-refractivity contribution >= 4 is 50.9 Å². The second-order valence-corrected chi connectivity index (χ2v) is 4.11. The molecule has 0 aliphatic heterocycles. The Morgan fingerprint density at radius 1 is 1.27 bits per heavy atom. The summed E-state index contributed by atoms with van der Waals surface area (Å²) in [7, 11) is 0. The molecule has 0 saturated carbocycles. The first kappa shape index (κ1) is 10.7. The molecule has 2 nitrogen and oxygen atoms in total. The van der Waals surface area contributed by atoms with E-state index in [9.17, 15) is 4.79 Å². The van der Waals surface area contributed by atoms with Crippen LogP contribution in [0.4, 0.5) is 0 Å². The van der Waals surface area contributed by atoms with E-state index >= 15 is 0 Å². The molecule has 0 fully saturated rings. The van der Waals surface area contributed by atoms with E-state index in [1.165, 1.54) is 6.20 Å². The molecule has 0 N–H and O–H groups in total. The Balaban J connectivity index is 2.88. The van der Waals surface area contributed by atoms with Crippen LogP contribution in [0, 0.1) is 0 Å². The first-order valence-corrected chi connectivity index (χ1v) is 5.16. The van der Waals surface area contributed by atoms with Crippen LogP contribution in [0.25, 0.3) is 10.9 Å². The molecule has 0 aliphatic rings. The highest BCUT2D eigenvalue weighted by atomic mass is 35.5. The Bertz CT molecular complexity index is 554. The Labute approximate surface area is 101 Å². The lowest BCUT2D eigenvalue weighted by molar-refractivity contribution is 0.108. The van der Waals surface area contributed by atoms with Crippen LogP contribution in [0.1, 0.15) is 10.4 Å². The molecule has 0 spiro atoms. The highest BCUT2D eigenvalue weighted by Crippen LogP contribution is 2.27. The van der Waals surface area contributed by atoms with Gasteiger partial charge in [0.25, 0.3) is 5.24 Å². The number of rotatable bonds is 1. The van der Waals surface area contributed by atoms with E-state index in [0.29, 0.717) is 10.5 Å². The maximum Gasteiger partial charge on any atom is 0.256 e. The van der Waals surface area contributed by atoms with E-state index in [1.54, 1.807) is 18.2 Å². The van der Waals surface area contributed by atoms with Gasteiger partial charge in [0.1, 0.15) is 0 Å². The molecule has 0 amide bonds. The predicted octanol–water partition coefficient (Wildman–Crippen LogP) is 3.92. The van der Waals surface area contributed by atoms with Gasteiger partial charge >= 0.3 is 0 Å². The summed E-state index contributed by atoms with van der Waals surface area (Å²) >= 11 is 17.1. The first-order chi connectivity index (χ1) is 7.09. The van der Waals surface area contributed by atoms with Crippen LogP contribution < -0.4 is 0 Å². The summed E-state index contributed by atoms with van der Waals surface area (Å²) in [4.78, 5) is 15.2. The van der Waals surface area contributed by atoms with Crippen LogP contribution in [0.15, 0.2) is 24.4 Å². The van der Waals surface area contributed by atoms with Gasteiger partial charge in [-0.05, 0) is 23.7 Å². The summed E-state index contributed by atoms with van der Waals surface area (Å²) in [5.41, 5.74) is 0.680. The first-order valence-electron chi connectivity index (χ1n) is 4.03. The minimum absolute atomic E-state index is 0.215. The Kier molecular flexibility index (Phi) is 2.83. The van der Waals surface area contributed by atoms with Crippen molar-refractivity contribution in [2.24, 2.45) is 0 Å². The molecule has 2 aromatic rings.